The molecule has 0 saturated carbocycles. The van der Waals surface area contributed by atoms with Crippen LogP contribution in [0.2, 0.25) is 0 Å². The number of aromatic nitrogens is 3. The number of nitrogens with one attached hydrogen (secondary N) is 1. The zero-order valence-corrected chi connectivity index (χ0v) is 10.2. The zero-order valence-electron chi connectivity index (χ0n) is 10.2. The number of pyridine rings is 1. The van der Waals surface area contributed by atoms with Crippen molar-refractivity contribution in [3.05, 3.63) is 88.9 Å². The van der Waals surface area contributed by atoms with E-state index >= 15 is 0 Å². The van der Waals surface area contributed by atoms with Gasteiger partial charge in [-0.2, -0.15) is 0 Å². The van der Waals surface area contributed by atoms with E-state index in [2.05, 4.69) is 9.97 Å². The molecule has 2 aromatic heterocycles. The molecule has 0 spiro atoms. The maximum Gasteiger partial charge on any atom is 0.326 e. The Morgan fingerprint density at radius 3 is 2.47 bits per heavy atom. The fourth-order valence-electron chi connectivity index (χ4n) is 2.18. The van der Waals surface area contributed by atoms with Gasteiger partial charge in [-0.3, -0.25) is 9.55 Å². The maximum atomic E-state index is 11.9. The van der Waals surface area contributed by atoms with E-state index in [0.29, 0.717) is 0 Å². The van der Waals surface area contributed by atoms with Gasteiger partial charge in [-0.1, -0.05) is 36.4 Å². The van der Waals surface area contributed by atoms with Gasteiger partial charge in [-0.15, -0.1) is 0 Å². The second-order valence-electron chi connectivity index (χ2n) is 4.24. The number of hydrogen-bond donors (Lipinski definition) is 1. The lowest BCUT2D eigenvalue weighted by Gasteiger charge is -2.17. The first-order valence-corrected chi connectivity index (χ1v) is 6.07. The summed E-state index contributed by atoms with van der Waals surface area (Å²) < 4.78 is 1.65. The predicted octanol–water partition coefficient (Wildman–Crippen LogP) is 2.21. The van der Waals surface area contributed by atoms with Crippen molar-refractivity contribution in [2.24, 2.45) is 0 Å². The number of nitrogens with zero attached hydrogens (tertiary/aromatic N) is 2. The molecule has 0 aliphatic rings. The molecule has 0 radical (unpaired) electrons. The largest absolute Gasteiger partial charge is 0.326 e. The molecule has 0 aliphatic heterocycles. The minimum Gasteiger partial charge on any atom is -0.313 e. The van der Waals surface area contributed by atoms with Crippen molar-refractivity contribution < 1.29 is 0 Å². The maximum absolute atomic E-state index is 11.9. The number of benzene rings is 1. The van der Waals surface area contributed by atoms with Gasteiger partial charge in [0, 0.05) is 18.6 Å². The summed E-state index contributed by atoms with van der Waals surface area (Å²) in [6.07, 6.45) is 5.12. The third kappa shape index (κ3) is 2.20. The third-order valence-corrected chi connectivity index (χ3v) is 3.04. The molecule has 1 N–H and O–H groups in total. The Hall–Kier alpha value is -2.62. The minimum atomic E-state index is -0.207. The Labute approximate surface area is 110 Å². The van der Waals surface area contributed by atoms with Crippen LogP contribution in [0.25, 0.3) is 0 Å². The lowest BCUT2D eigenvalue weighted by Crippen LogP contribution is -2.24. The first-order valence-electron chi connectivity index (χ1n) is 6.07. The van der Waals surface area contributed by atoms with Crippen LogP contribution in [0.5, 0.6) is 0 Å². The van der Waals surface area contributed by atoms with Gasteiger partial charge < -0.3 is 4.98 Å². The molecule has 19 heavy (non-hydrogen) atoms. The lowest BCUT2D eigenvalue weighted by molar-refractivity contribution is 0.635. The van der Waals surface area contributed by atoms with E-state index in [1.807, 2.05) is 48.5 Å². The molecule has 0 amide bonds. The number of imidazole rings is 1. The highest BCUT2D eigenvalue weighted by molar-refractivity contribution is 5.28. The Balaban J connectivity index is 2.18. The van der Waals surface area contributed by atoms with E-state index in [-0.39, 0.29) is 11.7 Å². The van der Waals surface area contributed by atoms with Gasteiger partial charge in [-0.25, -0.2) is 4.79 Å². The molecule has 2 heterocycles. The van der Waals surface area contributed by atoms with E-state index in [4.69, 9.17) is 0 Å². The van der Waals surface area contributed by atoms with Crippen LogP contribution in [-0.2, 0) is 0 Å². The van der Waals surface area contributed by atoms with E-state index < -0.39 is 0 Å². The molecular weight excluding hydrogens is 238 g/mol. The summed E-state index contributed by atoms with van der Waals surface area (Å²) in [5.74, 6) is 0. The molecule has 4 heteroatoms. The van der Waals surface area contributed by atoms with Gasteiger partial charge in [0.25, 0.3) is 0 Å². The van der Waals surface area contributed by atoms with E-state index in [0.717, 1.165) is 11.3 Å². The van der Waals surface area contributed by atoms with Crippen molar-refractivity contribution in [2.75, 3.05) is 0 Å². The summed E-state index contributed by atoms with van der Waals surface area (Å²) in [5, 5.41) is 0. The number of rotatable bonds is 3. The molecule has 0 bridgehead atoms. The van der Waals surface area contributed by atoms with Crippen molar-refractivity contribution in [1.29, 1.82) is 0 Å². The van der Waals surface area contributed by atoms with Gasteiger partial charge in [0.15, 0.2) is 0 Å². The van der Waals surface area contributed by atoms with E-state index in [1.165, 1.54) is 0 Å². The highest BCUT2D eigenvalue weighted by Gasteiger charge is 2.18. The van der Waals surface area contributed by atoms with Crippen LogP contribution >= 0.6 is 0 Å². The van der Waals surface area contributed by atoms with Crippen LogP contribution < -0.4 is 5.69 Å². The number of aromatic amines is 1. The van der Waals surface area contributed by atoms with Crippen molar-refractivity contribution in [1.82, 2.24) is 14.5 Å². The number of hydrogen-bond acceptors (Lipinski definition) is 2. The lowest BCUT2D eigenvalue weighted by atomic mass is 10.0. The molecule has 0 fully saturated rings. The van der Waals surface area contributed by atoms with E-state index in [9.17, 15) is 4.79 Å². The SMILES string of the molecule is O=c1[nH]ccn1C(c1ccccc1)c1ccccn1. The molecule has 3 aromatic rings. The topological polar surface area (TPSA) is 50.7 Å². The summed E-state index contributed by atoms with van der Waals surface area (Å²) in [7, 11) is 0. The zero-order chi connectivity index (χ0) is 13.1. The fourth-order valence-corrected chi connectivity index (χ4v) is 2.18. The van der Waals surface area contributed by atoms with Crippen molar-refractivity contribution in [2.45, 2.75) is 6.04 Å². The minimum absolute atomic E-state index is 0.139. The highest BCUT2D eigenvalue weighted by Crippen LogP contribution is 2.23. The average Bonchev–Trinajstić information content (AvgIpc) is 2.88. The smallest absolute Gasteiger partial charge is 0.313 e. The first-order chi connectivity index (χ1) is 9.36. The molecule has 3 rings (SSSR count). The number of H-pyrrole nitrogens is 1. The first kappa shape index (κ1) is 11.5. The van der Waals surface area contributed by atoms with Crippen LogP contribution in [0.4, 0.5) is 0 Å². The summed E-state index contributed by atoms with van der Waals surface area (Å²) in [6, 6.07) is 15.4. The van der Waals surface area contributed by atoms with Crippen LogP contribution in [0.3, 0.4) is 0 Å². The second-order valence-corrected chi connectivity index (χ2v) is 4.24. The summed E-state index contributed by atoms with van der Waals surface area (Å²) in [6.45, 7) is 0. The molecule has 1 atom stereocenters. The Morgan fingerprint density at radius 2 is 1.84 bits per heavy atom. The Morgan fingerprint density at radius 1 is 1.05 bits per heavy atom. The quantitative estimate of drug-likeness (QED) is 0.776. The van der Waals surface area contributed by atoms with Crippen molar-refractivity contribution >= 4 is 0 Å². The van der Waals surface area contributed by atoms with Gasteiger partial charge in [0.05, 0.1) is 5.69 Å². The summed E-state index contributed by atoms with van der Waals surface area (Å²) in [5.41, 5.74) is 1.73. The summed E-state index contributed by atoms with van der Waals surface area (Å²) in [4.78, 5) is 18.9. The average molecular weight is 251 g/mol. The molecule has 0 aliphatic carbocycles. The van der Waals surface area contributed by atoms with Gasteiger partial charge >= 0.3 is 5.69 Å². The molecule has 94 valence electrons. The van der Waals surface area contributed by atoms with Gasteiger partial charge in [0.2, 0.25) is 0 Å². The summed E-state index contributed by atoms with van der Waals surface area (Å²) >= 11 is 0. The van der Waals surface area contributed by atoms with Crippen molar-refractivity contribution in [3.63, 3.8) is 0 Å². The standard InChI is InChI=1S/C15H13N3O/c19-15-17-10-11-18(15)14(12-6-2-1-3-7-12)13-8-4-5-9-16-13/h1-11,14H,(H,17,19). The van der Waals surface area contributed by atoms with Crippen LogP contribution in [-0.4, -0.2) is 14.5 Å². The van der Waals surface area contributed by atoms with E-state index in [1.54, 1.807) is 23.2 Å². The fraction of sp³-hybridized carbons (Fsp3) is 0.0667. The van der Waals surface area contributed by atoms with Crippen LogP contribution in [0.1, 0.15) is 17.3 Å². The van der Waals surface area contributed by atoms with Gasteiger partial charge in [-0.05, 0) is 17.7 Å². The molecule has 4 nitrogen and oxygen atoms in total. The van der Waals surface area contributed by atoms with Crippen LogP contribution in [0, 0.1) is 0 Å². The Bertz CT molecular complexity index is 661. The van der Waals surface area contributed by atoms with Crippen LogP contribution in [0.15, 0.2) is 71.9 Å². The van der Waals surface area contributed by atoms with Gasteiger partial charge in [0.1, 0.15) is 6.04 Å². The molecule has 1 unspecified atom stereocenters. The van der Waals surface area contributed by atoms with Crippen molar-refractivity contribution in [3.8, 4) is 0 Å². The third-order valence-electron chi connectivity index (χ3n) is 3.04. The second kappa shape index (κ2) is 4.94. The molecular formula is C15H13N3O. The highest BCUT2D eigenvalue weighted by atomic mass is 16.1. The monoisotopic (exact) mass is 251 g/mol. The molecule has 1 aromatic carbocycles. The Kier molecular flexibility index (Phi) is 2.98. The normalized spacial score (nSPS) is 12.2. The molecule has 0 saturated heterocycles. The predicted molar refractivity (Wildman–Crippen MR) is 73.0 cm³/mol.